The number of rotatable bonds is 3. The molecule has 1 fully saturated rings. The number of nitrogens with one attached hydrogen (secondary N) is 1. The van der Waals surface area contributed by atoms with Crippen molar-refractivity contribution >= 4 is 11.6 Å². The Morgan fingerprint density at radius 3 is 2.82 bits per heavy atom. The van der Waals surface area contributed by atoms with Crippen LogP contribution in [-0.4, -0.2) is 31.0 Å². The van der Waals surface area contributed by atoms with Gasteiger partial charge in [-0.05, 0) is 66.6 Å². The molecule has 3 aliphatic rings. The number of anilines is 1. The molecule has 2 heterocycles. The second-order valence-corrected chi connectivity index (χ2v) is 8.05. The van der Waals surface area contributed by atoms with Gasteiger partial charge in [-0.2, -0.15) is 0 Å². The molecule has 0 aromatic heterocycles. The number of hydrogen-bond donors (Lipinski definition) is 1. The van der Waals surface area contributed by atoms with E-state index in [1.807, 2.05) is 17.0 Å². The van der Waals surface area contributed by atoms with Crippen molar-refractivity contribution in [1.29, 1.82) is 0 Å². The van der Waals surface area contributed by atoms with Crippen LogP contribution in [0.2, 0.25) is 0 Å². The first-order valence-electron chi connectivity index (χ1n) is 10.2. The van der Waals surface area contributed by atoms with Gasteiger partial charge in [0, 0.05) is 30.3 Å². The van der Waals surface area contributed by atoms with E-state index in [-0.39, 0.29) is 11.9 Å². The molecular formula is C24H26N2O2. The van der Waals surface area contributed by atoms with E-state index in [9.17, 15) is 4.79 Å². The fraction of sp³-hybridized carbons (Fsp3) is 0.375. The van der Waals surface area contributed by atoms with Crippen LogP contribution in [0.4, 0.5) is 5.69 Å². The molecule has 5 rings (SSSR count). The summed E-state index contributed by atoms with van der Waals surface area (Å²) in [5.41, 5.74) is 4.46. The van der Waals surface area contributed by atoms with Gasteiger partial charge in [0.2, 0.25) is 0 Å². The number of allylic oxidation sites excluding steroid dienone is 2. The minimum atomic E-state index is 0.175. The smallest absolute Gasteiger partial charge is 0.253 e. The second-order valence-electron chi connectivity index (χ2n) is 8.05. The molecule has 1 N–H and O–H groups in total. The Hall–Kier alpha value is -2.75. The van der Waals surface area contributed by atoms with Gasteiger partial charge in [-0.25, -0.2) is 0 Å². The maximum absolute atomic E-state index is 12.9. The van der Waals surface area contributed by atoms with Crippen LogP contribution in [0, 0.1) is 5.92 Å². The first kappa shape index (κ1) is 17.4. The largest absolute Gasteiger partial charge is 0.497 e. The highest BCUT2D eigenvalue weighted by molar-refractivity contribution is 5.95. The lowest BCUT2D eigenvalue weighted by molar-refractivity contribution is 0.0792. The number of methoxy groups -OCH3 is 1. The van der Waals surface area contributed by atoms with Crippen molar-refractivity contribution in [3.8, 4) is 5.75 Å². The first-order chi connectivity index (χ1) is 13.7. The van der Waals surface area contributed by atoms with E-state index in [1.165, 1.54) is 11.1 Å². The Labute approximate surface area is 166 Å². The standard InChI is InChI=1S/C24H26N2O2/c1-28-18-7-4-6-16(14-18)23-20-9-5-8-19(20)21-15-17(10-11-22(21)25-23)24(27)26-12-2-3-13-26/h4-8,10-11,14-15,19-20,23,25H,2-3,9,12-13H2,1H3. The van der Waals surface area contributed by atoms with E-state index in [1.54, 1.807) is 7.11 Å². The van der Waals surface area contributed by atoms with Gasteiger partial charge >= 0.3 is 0 Å². The first-order valence-corrected chi connectivity index (χ1v) is 10.2. The van der Waals surface area contributed by atoms with Crippen LogP contribution in [0.5, 0.6) is 5.75 Å². The third kappa shape index (κ3) is 2.88. The highest BCUT2D eigenvalue weighted by Gasteiger charge is 2.38. The van der Waals surface area contributed by atoms with Crippen LogP contribution >= 0.6 is 0 Å². The molecule has 0 saturated carbocycles. The monoisotopic (exact) mass is 374 g/mol. The number of fused-ring (bicyclic) bond motifs is 3. The van der Waals surface area contributed by atoms with E-state index in [0.29, 0.717) is 11.8 Å². The summed E-state index contributed by atoms with van der Waals surface area (Å²) in [6, 6.07) is 14.8. The number of carbonyl (C=O) groups excluding carboxylic acids is 1. The SMILES string of the molecule is COc1cccc(C2Nc3ccc(C(=O)N4CCCC4)cc3C3C=CCC32)c1. The number of benzene rings is 2. The third-order valence-corrected chi connectivity index (χ3v) is 6.46. The van der Waals surface area contributed by atoms with Crippen LogP contribution in [0.1, 0.15) is 52.7 Å². The quantitative estimate of drug-likeness (QED) is 0.788. The molecule has 2 aliphatic heterocycles. The van der Waals surface area contributed by atoms with Crippen LogP contribution in [0.3, 0.4) is 0 Å². The zero-order valence-corrected chi connectivity index (χ0v) is 16.2. The summed E-state index contributed by atoms with van der Waals surface area (Å²) in [5, 5.41) is 3.75. The predicted molar refractivity (Wildman–Crippen MR) is 111 cm³/mol. The zero-order chi connectivity index (χ0) is 19.1. The lowest BCUT2D eigenvalue weighted by Crippen LogP contribution is -2.30. The molecule has 3 unspecified atom stereocenters. The average molecular weight is 374 g/mol. The van der Waals surface area contributed by atoms with Gasteiger partial charge in [-0.3, -0.25) is 4.79 Å². The summed E-state index contributed by atoms with van der Waals surface area (Å²) in [6.45, 7) is 1.77. The van der Waals surface area contributed by atoms with E-state index < -0.39 is 0 Å². The fourth-order valence-electron chi connectivity index (χ4n) is 5.00. The number of ether oxygens (including phenoxy) is 1. The number of nitrogens with zero attached hydrogens (tertiary/aromatic N) is 1. The molecule has 2 aromatic carbocycles. The topological polar surface area (TPSA) is 41.6 Å². The number of likely N-dealkylation sites (tertiary alicyclic amines) is 1. The zero-order valence-electron chi connectivity index (χ0n) is 16.2. The Morgan fingerprint density at radius 1 is 1.14 bits per heavy atom. The van der Waals surface area contributed by atoms with Gasteiger partial charge in [-0.1, -0.05) is 24.3 Å². The minimum absolute atomic E-state index is 0.175. The molecule has 144 valence electrons. The van der Waals surface area contributed by atoms with Crippen molar-refractivity contribution in [3.05, 3.63) is 71.3 Å². The Morgan fingerprint density at radius 2 is 2.00 bits per heavy atom. The van der Waals surface area contributed by atoms with Crippen molar-refractivity contribution in [2.24, 2.45) is 5.92 Å². The maximum atomic E-state index is 12.9. The highest BCUT2D eigenvalue weighted by atomic mass is 16.5. The van der Waals surface area contributed by atoms with Gasteiger partial charge < -0.3 is 15.0 Å². The van der Waals surface area contributed by atoms with E-state index in [0.717, 1.165) is 49.4 Å². The number of hydrogen-bond acceptors (Lipinski definition) is 3. The Bertz CT molecular complexity index is 930. The lowest BCUT2D eigenvalue weighted by Gasteiger charge is -2.38. The Balaban J connectivity index is 1.49. The van der Waals surface area contributed by atoms with Crippen molar-refractivity contribution < 1.29 is 9.53 Å². The molecule has 1 amide bonds. The predicted octanol–water partition coefficient (Wildman–Crippen LogP) is 4.76. The van der Waals surface area contributed by atoms with Gasteiger partial charge in [0.25, 0.3) is 5.91 Å². The van der Waals surface area contributed by atoms with Crippen LogP contribution < -0.4 is 10.1 Å². The highest BCUT2D eigenvalue weighted by Crippen LogP contribution is 2.50. The fourth-order valence-corrected chi connectivity index (χ4v) is 5.00. The van der Waals surface area contributed by atoms with Crippen molar-refractivity contribution in [1.82, 2.24) is 4.90 Å². The van der Waals surface area contributed by atoms with E-state index in [2.05, 4.69) is 47.8 Å². The molecular weight excluding hydrogens is 348 g/mol. The molecule has 0 spiro atoms. The number of carbonyl (C=O) groups is 1. The molecule has 0 bridgehead atoms. The summed E-state index contributed by atoms with van der Waals surface area (Å²) >= 11 is 0. The normalized spacial score (nSPS) is 25.2. The summed E-state index contributed by atoms with van der Waals surface area (Å²) in [5.74, 6) is 1.86. The minimum Gasteiger partial charge on any atom is -0.497 e. The summed E-state index contributed by atoms with van der Waals surface area (Å²) in [6.07, 6.45) is 7.89. The lowest BCUT2D eigenvalue weighted by atomic mass is 9.76. The summed E-state index contributed by atoms with van der Waals surface area (Å²) in [4.78, 5) is 14.8. The molecule has 2 aromatic rings. The van der Waals surface area contributed by atoms with Gasteiger partial charge in [0.05, 0.1) is 13.2 Å². The van der Waals surface area contributed by atoms with Crippen LogP contribution in [0.25, 0.3) is 0 Å². The summed E-state index contributed by atoms with van der Waals surface area (Å²) < 4.78 is 5.43. The molecule has 4 heteroatoms. The van der Waals surface area contributed by atoms with Gasteiger partial charge in [0.15, 0.2) is 0 Å². The molecule has 1 saturated heterocycles. The molecule has 28 heavy (non-hydrogen) atoms. The van der Waals surface area contributed by atoms with Crippen LogP contribution in [-0.2, 0) is 0 Å². The van der Waals surface area contributed by atoms with E-state index >= 15 is 0 Å². The van der Waals surface area contributed by atoms with Crippen molar-refractivity contribution in [3.63, 3.8) is 0 Å². The second kappa shape index (κ2) is 7.01. The molecule has 0 radical (unpaired) electrons. The molecule has 4 nitrogen and oxygen atoms in total. The maximum Gasteiger partial charge on any atom is 0.253 e. The van der Waals surface area contributed by atoms with E-state index in [4.69, 9.17) is 4.74 Å². The molecule has 3 atom stereocenters. The Kier molecular flexibility index (Phi) is 4.34. The molecule has 1 aliphatic carbocycles. The average Bonchev–Trinajstić information content (AvgIpc) is 3.44. The summed E-state index contributed by atoms with van der Waals surface area (Å²) in [7, 11) is 1.71. The number of amides is 1. The van der Waals surface area contributed by atoms with Crippen molar-refractivity contribution in [2.45, 2.75) is 31.2 Å². The third-order valence-electron chi connectivity index (χ3n) is 6.46. The van der Waals surface area contributed by atoms with Crippen molar-refractivity contribution in [2.75, 3.05) is 25.5 Å². The van der Waals surface area contributed by atoms with Crippen LogP contribution in [0.15, 0.2) is 54.6 Å². The van der Waals surface area contributed by atoms with Gasteiger partial charge in [-0.15, -0.1) is 0 Å². The van der Waals surface area contributed by atoms with Gasteiger partial charge in [0.1, 0.15) is 5.75 Å².